The summed E-state index contributed by atoms with van der Waals surface area (Å²) in [6.07, 6.45) is 0.585. The number of rotatable bonds is 5. The molecule has 0 aliphatic carbocycles. The lowest BCUT2D eigenvalue weighted by molar-refractivity contribution is 0.407. The molecule has 2 aromatic carbocycles. The van der Waals surface area contributed by atoms with Gasteiger partial charge < -0.3 is 10.5 Å². The predicted molar refractivity (Wildman–Crippen MR) is 84.6 cm³/mol. The van der Waals surface area contributed by atoms with Crippen molar-refractivity contribution in [1.82, 2.24) is 0 Å². The van der Waals surface area contributed by atoms with Crippen molar-refractivity contribution < 1.29 is 9.13 Å². The second-order valence-corrected chi connectivity index (χ2v) is 5.49. The van der Waals surface area contributed by atoms with E-state index in [-0.39, 0.29) is 11.7 Å². The normalized spacial score (nSPS) is 12.2. The van der Waals surface area contributed by atoms with Crippen molar-refractivity contribution in [3.8, 4) is 5.75 Å². The number of hydrogen-bond donors (Lipinski definition) is 1. The molecule has 0 aliphatic rings. The van der Waals surface area contributed by atoms with Gasteiger partial charge in [-0.2, -0.15) is 0 Å². The van der Waals surface area contributed by atoms with Crippen LogP contribution < -0.4 is 10.5 Å². The van der Waals surface area contributed by atoms with Gasteiger partial charge in [0.1, 0.15) is 11.6 Å². The second kappa shape index (κ2) is 6.92. The average molecular weight is 308 g/mol. The zero-order chi connectivity index (χ0) is 15.4. The van der Waals surface area contributed by atoms with Crippen LogP contribution in [0.15, 0.2) is 36.4 Å². The fraction of sp³-hybridized carbons (Fsp3) is 0.294. The molecule has 4 heteroatoms. The monoisotopic (exact) mass is 307 g/mol. The van der Waals surface area contributed by atoms with E-state index in [1.54, 1.807) is 19.2 Å². The minimum Gasteiger partial charge on any atom is -0.496 e. The summed E-state index contributed by atoms with van der Waals surface area (Å²) in [5.41, 5.74) is 8.46. The number of hydrogen-bond acceptors (Lipinski definition) is 2. The summed E-state index contributed by atoms with van der Waals surface area (Å²) in [6.45, 7) is 2.33. The number of benzene rings is 2. The van der Waals surface area contributed by atoms with E-state index in [2.05, 4.69) is 0 Å². The maximum atomic E-state index is 14.1. The Kier molecular flexibility index (Phi) is 5.21. The number of nitrogens with two attached hydrogens (primary N) is 1. The Morgan fingerprint density at radius 3 is 2.67 bits per heavy atom. The van der Waals surface area contributed by atoms with Crippen LogP contribution in [0.2, 0.25) is 5.02 Å². The topological polar surface area (TPSA) is 35.2 Å². The van der Waals surface area contributed by atoms with Crippen molar-refractivity contribution in [1.29, 1.82) is 0 Å². The molecule has 112 valence electrons. The Morgan fingerprint density at radius 2 is 2.05 bits per heavy atom. The van der Waals surface area contributed by atoms with Crippen LogP contribution in [-0.4, -0.2) is 13.7 Å². The highest BCUT2D eigenvalue weighted by molar-refractivity contribution is 6.31. The third-order valence-corrected chi connectivity index (χ3v) is 3.92. The smallest absolute Gasteiger partial charge is 0.128 e. The summed E-state index contributed by atoms with van der Waals surface area (Å²) in [5, 5.41) is 0.414. The summed E-state index contributed by atoms with van der Waals surface area (Å²) in [4.78, 5) is 0. The van der Waals surface area contributed by atoms with Crippen molar-refractivity contribution in [3.63, 3.8) is 0 Å². The first-order valence-electron chi connectivity index (χ1n) is 6.84. The summed E-state index contributed by atoms with van der Waals surface area (Å²) < 4.78 is 19.5. The van der Waals surface area contributed by atoms with Gasteiger partial charge in [0.15, 0.2) is 0 Å². The van der Waals surface area contributed by atoms with E-state index >= 15 is 0 Å². The van der Waals surface area contributed by atoms with Crippen LogP contribution in [0.25, 0.3) is 0 Å². The summed E-state index contributed by atoms with van der Waals surface area (Å²) in [6, 6.07) is 10.6. The minimum atomic E-state index is -0.315. The lowest BCUT2D eigenvalue weighted by Gasteiger charge is -2.19. The van der Waals surface area contributed by atoms with Crippen molar-refractivity contribution in [2.24, 2.45) is 5.73 Å². The summed E-state index contributed by atoms with van der Waals surface area (Å²) in [7, 11) is 1.63. The van der Waals surface area contributed by atoms with E-state index in [0.717, 1.165) is 16.9 Å². The second-order valence-electron chi connectivity index (χ2n) is 5.09. The van der Waals surface area contributed by atoms with E-state index in [0.29, 0.717) is 23.6 Å². The largest absolute Gasteiger partial charge is 0.496 e. The molecule has 1 atom stereocenters. The molecule has 0 bridgehead atoms. The van der Waals surface area contributed by atoms with E-state index in [4.69, 9.17) is 22.1 Å². The Hall–Kier alpha value is -1.58. The van der Waals surface area contributed by atoms with Gasteiger partial charge in [-0.1, -0.05) is 35.4 Å². The van der Waals surface area contributed by atoms with Gasteiger partial charge in [-0.25, -0.2) is 4.39 Å². The third kappa shape index (κ3) is 3.55. The maximum Gasteiger partial charge on any atom is 0.128 e. The first kappa shape index (κ1) is 15.8. The molecule has 21 heavy (non-hydrogen) atoms. The van der Waals surface area contributed by atoms with Gasteiger partial charge in [-0.15, -0.1) is 0 Å². The Balaban J connectivity index is 2.38. The predicted octanol–water partition coefficient (Wildman–Crippen LogP) is 4.08. The van der Waals surface area contributed by atoms with Crippen LogP contribution >= 0.6 is 11.6 Å². The highest BCUT2D eigenvalue weighted by Crippen LogP contribution is 2.32. The highest BCUT2D eigenvalue weighted by Gasteiger charge is 2.20. The Labute approximate surface area is 129 Å². The van der Waals surface area contributed by atoms with E-state index in [1.165, 1.54) is 6.07 Å². The van der Waals surface area contributed by atoms with Crippen LogP contribution in [0.3, 0.4) is 0 Å². The molecule has 2 N–H and O–H groups in total. The molecular weight excluding hydrogens is 289 g/mol. The molecule has 0 radical (unpaired) electrons. The van der Waals surface area contributed by atoms with Gasteiger partial charge in [0, 0.05) is 16.5 Å². The van der Waals surface area contributed by atoms with Gasteiger partial charge in [0.2, 0.25) is 0 Å². The van der Waals surface area contributed by atoms with Crippen LogP contribution in [-0.2, 0) is 6.42 Å². The average Bonchev–Trinajstić information content (AvgIpc) is 2.46. The van der Waals surface area contributed by atoms with E-state index in [1.807, 2.05) is 25.1 Å². The fourth-order valence-electron chi connectivity index (χ4n) is 2.54. The van der Waals surface area contributed by atoms with Crippen LogP contribution in [0.4, 0.5) is 4.39 Å². The molecule has 0 fully saturated rings. The summed E-state index contributed by atoms with van der Waals surface area (Å²) >= 11 is 6.15. The number of ether oxygens (including phenoxy) is 1. The van der Waals surface area contributed by atoms with Crippen LogP contribution in [0.5, 0.6) is 5.75 Å². The van der Waals surface area contributed by atoms with Crippen molar-refractivity contribution >= 4 is 11.6 Å². The van der Waals surface area contributed by atoms with Crippen molar-refractivity contribution in [2.45, 2.75) is 19.3 Å². The molecule has 1 unspecified atom stereocenters. The third-order valence-electron chi connectivity index (χ3n) is 3.59. The zero-order valence-electron chi connectivity index (χ0n) is 12.2. The first-order chi connectivity index (χ1) is 10.1. The molecule has 2 nitrogen and oxygen atoms in total. The molecule has 0 saturated carbocycles. The highest BCUT2D eigenvalue weighted by atomic mass is 35.5. The first-order valence-corrected chi connectivity index (χ1v) is 7.22. The van der Waals surface area contributed by atoms with Crippen molar-refractivity contribution in [2.75, 3.05) is 13.7 Å². The van der Waals surface area contributed by atoms with Gasteiger partial charge >= 0.3 is 0 Å². The summed E-state index contributed by atoms with van der Waals surface area (Å²) in [5.74, 6) is 0.283. The van der Waals surface area contributed by atoms with Gasteiger partial charge in [0.25, 0.3) is 0 Å². The van der Waals surface area contributed by atoms with Gasteiger partial charge in [-0.05, 0) is 43.7 Å². The quantitative estimate of drug-likeness (QED) is 0.903. The van der Waals surface area contributed by atoms with Crippen molar-refractivity contribution in [3.05, 3.63) is 63.9 Å². The number of halogens is 2. The SMILES string of the molecule is COc1ccc(C)cc1CC(CN)c1c(F)cccc1Cl. The minimum absolute atomic E-state index is 0.186. The Bertz CT molecular complexity index is 610. The van der Waals surface area contributed by atoms with Gasteiger partial charge in [-0.3, -0.25) is 0 Å². The number of methoxy groups -OCH3 is 1. The lowest BCUT2D eigenvalue weighted by atomic mass is 9.90. The standard InChI is InChI=1S/C17H19ClFNO/c1-11-6-7-16(21-2)12(8-11)9-13(10-20)17-14(18)4-3-5-15(17)19/h3-8,13H,9-10,20H2,1-2H3. The molecule has 0 spiro atoms. The molecule has 0 saturated heterocycles. The maximum absolute atomic E-state index is 14.1. The van der Waals surface area contributed by atoms with E-state index < -0.39 is 0 Å². The van der Waals surface area contributed by atoms with Gasteiger partial charge in [0.05, 0.1) is 7.11 Å². The lowest BCUT2D eigenvalue weighted by Crippen LogP contribution is -2.17. The Morgan fingerprint density at radius 1 is 1.29 bits per heavy atom. The zero-order valence-corrected chi connectivity index (χ0v) is 13.0. The van der Waals surface area contributed by atoms with Crippen LogP contribution in [0.1, 0.15) is 22.6 Å². The molecule has 0 amide bonds. The molecule has 2 rings (SSSR count). The molecule has 2 aromatic rings. The molecule has 0 aliphatic heterocycles. The molecule has 0 heterocycles. The fourth-order valence-corrected chi connectivity index (χ4v) is 2.85. The van der Waals surface area contributed by atoms with Crippen LogP contribution in [0, 0.1) is 12.7 Å². The molecule has 0 aromatic heterocycles. The molecular formula is C17H19ClFNO. The number of aryl methyl sites for hydroxylation is 1. The van der Waals surface area contributed by atoms with E-state index in [9.17, 15) is 4.39 Å².